The van der Waals surface area contributed by atoms with Gasteiger partial charge in [0.2, 0.25) is 0 Å². The first-order valence-corrected chi connectivity index (χ1v) is 9.32. The van der Waals surface area contributed by atoms with Crippen LogP contribution in [0.1, 0.15) is 13.3 Å². The van der Waals surface area contributed by atoms with Crippen LogP contribution in [0.3, 0.4) is 0 Å². The summed E-state index contributed by atoms with van der Waals surface area (Å²) in [5.41, 5.74) is 1.90. The molecule has 0 unspecified atom stereocenters. The SMILES string of the molecule is CCOC(=O)Nc1cn(C)nc1-c1nc2cc(OCCCN(C)C)c(F)cc2[nH]1. The predicted molar refractivity (Wildman–Crippen MR) is 108 cm³/mol. The third-order valence-electron chi connectivity index (χ3n) is 4.11. The van der Waals surface area contributed by atoms with Gasteiger partial charge in [0.25, 0.3) is 0 Å². The summed E-state index contributed by atoms with van der Waals surface area (Å²) in [7, 11) is 5.67. The average Bonchev–Trinajstić information content (AvgIpc) is 3.21. The number of rotatable bonds is 8. The lowest BCUT2D eigenvalue weighted by molar-refractivity contribution is 0.168. The van der Waals surface area contributed by atoms with Crippen molar-refractivity contribution in [2.75, 3.05) is 39.2 Å². The zero-order valence-electron chi connectivity index (χ0n) is 17.0. The number of aromatic amines is 1. The number of imidazole rings is 1. The normalized spacial score (nSPS) is 11.2. The van der Waals surface area contributed by atoms with E-state index in [1.54, 1.807) is 30.9 Å². The first kappa shape index (κ1) is 20.6. The molecule has 2 N–H and O–H groups in total. The predicted octanol–water partition coefficient (Wildman–Crippen LogP) is 3.00. The molecule has 10 heteroatoms. The molecule has 3 aromatic rings. The number of H-pyrrole nitrogens is 1. The molecule has 0 fully saturated rings. The molecule has 156 valence electrons. The van der Waals surface area contributed by atoms with Crippen molar-refractivity contribution in [1.82, 2.24) is 24.6 Å². The van der Waals surface area contributed by atoms with E-state index in [1.807, 2.05) is 19.0 Å². The van der Waals surface area contributed by atoms with Gasteiger partial charge in [0.05, 0.1) is 29.9 Å². The molecule has 0 atom stereocenters. The second-order valence-electron chi connectivity index (χ2n) is 6.80. The van der Waals surface area contributed by atoms with Gasteiger partial charge in [0, 0.05) is 31.9 Å². The monoisotopic (exact) mass is 404 g/mol. The smallest absolute Gasteiger partial charge is 0.411 e. The Bertz CT molecular complexity index is 997. The number of hydrogen-bond acceptors (Lipinski definition) is 6. The Morgan fingerprint density at radius 3 is 2.90 bits per heavy atom. The van der Waals surface area contributed by atoms with Gasteiger partial charge in [-0.3, -0.25) is 10.00 Å². The number of hydrogen-bond donors (Lipinski definition) is 2. The van der Waals surface area contributed by atoms with Gasteiger partial charge in [-0.1, -0.05) is 0 Å². The maximum atomic E-state index is 14.4. The molecule has 1 amide bonds. The fraction of sp³-hybridized carbons (Fsp3) is 0.421. The quantitative estimate of drug-likeness (QED) is 0.560. The van der Waals surface area contributed by atoms with Crippen molar-refractivity contribution in [3.05, 3.63) is 24.1 Å². The van der Waals surface area contributed by atoms with Gasteiger partial charge in [-0.15, -0.1) is 0 Å². The third-order valence-corrected chi connectivity index (χ3v) is 4.11. The fourth-order valence-corrected chi connectivity index (χ4v) is 2.83. The van der Waals surface area contributed by atoms with Crippen molar-refractivity contribution in [3.63, 3.8) is 0 Å². The zero-order chi connectivity index (χ0) is 21.0. The minimum atomic E-state index is -0.586. The van der Waals surface area contributed by atoms with Gasteiger partial charge >= 0.3 is 6.09 Å². The highest BCUT2D eigenvalue weighted by Gasteiger charge is 2.18. The lowest BCUT2D eigenvalue weighted by Gasteiger charge is -2.10. The van der Waals surface area contributed by atoms with Crippen LogP contribution in [0, 0.1) is 5.82 Å². The number of amides is 1. The third kappa shape index (κ3) is 5.02. The minimum absolute atomic E-state index is 0.153. The maximum absolute atomic E-state index is 14.4. The van der Waals surface area contributed by atoms with E-state index in [1.165, 1.54) is 6.07 Å². The van der Waals surface area contributed by atoms with Crippen molar-refractivity contribution in [2.24, 2.45) is 7.05 Å². The van der Waals surface area contributed by atoms with E-state index in [-0.39, 0.29) is 12.4 Å². The summed E-state index contributed by atoms with van der Waals surface area (Å²) in [5.74, 6) is 0.0835. The van der Waals surface area contributed by atoms with E-state index < -0.39 is 11.9 Å². The number of aryl methyl sites for hydroxylation is 1. The number of carbonyl (C=O) groups excluding carboxylic acids is 1. The van der Waals surface area contributed by atoms with Crippen LogP contribution in [-0.4, -0.2) is 64.6 Å². The van der Waals surface area contributed by atoms with Crippen LogP contribution in [0.2, 0.25) is 0 Å². The van der Waals surface area contributed by atoms with Crippen molar-refractivity contribution < 1.29 is 18.7 Å². The minimum Gasteiger partial charge on any atom is -0.490 e. The summed E-state index contributed by atoms with van der Waals surface area (Å²) < 4.78 is 26.4. The molecule has 9 nitrogen and oxygen atoms in total. The van der Waals surface area contributed by atoms with Gasteiger partial charge in [-0.05, 0) is 27.4 Å². The van der Waals surface area contributed by atoms with Crippen LogP contribution in [-0.2, 0) is 11.8 Å². The Morgan fingerprint density at radius 2 is 2.17 bits per heavy atom. The van der Waals surface area contributed by atoms with Crippen molar-refractivity contribution in [1.29, 1.82) is 0 Å². The molecule has 0 aliphatic rings. The number of benzene rings is 1. The summed E-state index contributed by atoms with van der Waals surface area (Å²) in [6.45, 7) is 3.23. The number of aromatic nitrogens is 4. The van der Waals surface area contributed by atoms with E-state index in [0.717, 1.165) is 13.0 Å². The average molecular weight is 404 g/mol. The van der Waals surface area contributed by atoms with E-state index in [9.17, 15) is 9.18 Å². The van der Waals surface area contributed by atoms with Crippen LogP contribution in [0.15, 0.2) is 18.3 Å². The van der Waals surface area contributed by atoms with E-state index in [0.29, 0.717) is 34.8 Å². The largest absolute Gasteiger partial charge is 0.490 e. The molecule has 0 radical (unpaired) electrons. The fourth-order valence-electron chi connectivity index (χ4n) is 2.83. The Labute approximate surface area is 167 Å². The second kappa shape index (κ2) is 8.91. The Hall–Kier alpha value is -3.14. The Balaban J connectivity index is 1.84. The molecule has 2 aromatic heterocycles. The second-order valence-corrected chi connectivity index (χ2v) is 6.80. The van der Waals surface area contributed by atoms with Crippen LogP contribution in [0.4, 0.5) is 14.9 Å². The summed E-state index contributed by atoms with van der Waals surface area (Å²) in [6, 6.07) is 2.90. The van der Waals surface area contributed by atoms with Gasteiger partial charge in [0.1, 0.15) is 0 Å². The van der Waals surface area contributed by atoms with Crippen LogP contribution < -0.4 is 10.1 Å². The topological polar surface area (TPSA) is 97.3 Å². The van der Waals surface area contributed by atoms with E-state index >= 15 is 0 Å². The van der Waals surface area contributed by atoms with Crippen LogP contribution >= 0.6 is 0 Å². The number of fused-ring (bicyclic) bond motifs is 1. The molecule has 3 rings (SSSR count). The number of nitrogens with one attached hydrogen (secondary N) is 2. The molecule has 0 saturated heterocycles. The van der Waals surface area contributed by atoms with Gasteiger partial charge in [0.15, 0.2) is 23.1 Å². The van der Waals surface area contributed by atoms with E-state index in [4.69, 9.17) is 9.47 Å². The van der Waals surface area contributed by atoms with Gasteiger partial charge in [-0.2, -0.15) is 5.10 Å². The number of ether oxygens (including phenoxy) is 2. The van der Waals surface area contributed by atoms with Gasteiger partial charge < -0.3 is 19.4 Å². The highest BCUT2D eigenvalue weighted by atomic mass is 19.1. The molecule has 29 heavy (non-hydrogen) atoms. The summed E-state index contributed by atoms with van der Waals surface area (Å²) in [6.07, 6.45) is 1.84. The van der Waals surface area contributed by atoms with E-state index in [2.05, 4.69) is 20.4 Å². The Morgan fingerprint density at radius 1 is 1.38 bits per heavy atom. The molecular weight excluding hydrogens is 379 g/mol. The first-order valence-electron chi connectivity index (χ1n) is 9.32. The van der Waals surface area contributed by atoms with Crippen molar-refractivity contribution >= 4 is 22.8 Å². The molecule has 0 saturated carbocycles. The highest BCUT2D eigenvalue weighted by molar-refractivity contribution is 5.90. The van der Waals surface area contributed by atoms with Crippen molar-refractivity contribution in [3.8, 4) is 17.3 Å². The lowest BCUT2D eigenvalue weighted by atomic mass is 10.3. The molecular formula is C19H25FN6O3. The number of nitrogens with zero attached hydrogens (tertiary/aromatic N) is 4. The zero-order valence-corrected chi connectivity index (χ0v) is 17.0. The molecule has 2 heterocycles. The summed E-state index contributed by atoms with van der Waals surface area (Å²) >= 11 is 0. The standard InChI is InChI=1S/C19H25FN6O3/c1-5-28-19(27)23-15-11-26(4)24-17(15)18-21-13-9-12(20)16(10-14(13)22-18)29-8-6-7-25(2)3/h9-11H,5-8H2,1-4H3,(H,21,22)(H,23,27). The van der Waals surface area contributed by atoms with Crippen LogP contribution in [0.25, 0.3) is 22.6 Å². The van der Waals surface area contributed by atoms with Crippen molar-refractivity contribution in [2.45, 2.75) is 13.3 Å². The molecule has 1 aromatic carbocycles. The number of carbonyl (C=O) groups is 1. The molecule has 0 aliphatic heterocycles. The summed E-state index contributed by atoms with van der Waals surface area (Å²) in [5, 5.41) is 6.97. The Kier molecular flexibility index (Phi) is 6.32. The van der Waals surface area contributed by atoms with Gasteiger partial charge in [-0.25, -0.2) is 14.2 Å². The lowest BCUT2D eigenvalue weighted by Crippen LogP contribution is -2.15. The number of anilines is 1. The molecule has 0 aliphatic carbocycles. The maximum Gasteiger partial charge on any atom is 0.411 e. The molecule has 0 spiro atoms. The summed E-state index contributed by atoms with van der Waals surface area (Å²) in [4.78, 5) is 21.3. The highest BCUT2D eigenvalue weighted by Crippen LogP contribution is 2.29. The van der Waals surface area contributed by atoms with Crippen LogP contribution in [0.5, 0.6) is 5.75 Å². The molecule has 0 bridgehead atoms. The first-order chi connectivity index (χ1) is 13.9. The number of halogens is 1.